The third-order valence-electron chi connectivity index (χ3n) is 3.24. The van der Waals surface area contributed by atoms with Crippen molar-refractivity contribution in [3.63, 3.8) is 0 Å². The number of ether oxygens (including phenoxy) is 1. The van der Waals surface area contributed by atoms with Gasteiger partial charge < -0.3 is 10.1 Å². The molecule has 1 amide bonds. The SMILES string of the molecule is CC(OC(=O)c1cccc(NS(C)(=O)=O)c1)C(=O)Nc1ccc(F)cc1F. The lowest BCUT2D eigenvalue weighted by atomic mass is 10.2. The predicted octanol–water partition coefficient (Wildman–Crippen LogP) is 2.52. The molecule has 0 aliphatic heterocycles. The number of carbonyl (C=O) groups is 2. The first-order valence-corrected chi connectivity index (χ1v) is 9.49. The minimum atomic E-state index is -3.53. The Bertz CT molecular complexity index is 979. The van der Waals surface area contributed by atoms with E-state index in [9.17, 15) is 26.8 Å². The van der Waals surface area contributed by atoms with Crippen LogP contribution in [0, 0.1) is 11.6 Å². The quantitative estimate of drug-likeness (QED) is 0.728. The van der Waals surface area contributed by atoms with Gasteiger partial charge in [0.2, 0.25) is 10.0 Å². The van der Waals surface area contributed by atoms with Gasteiger partial charge in [0.1, 0.15) is 11.6 Å². The number of anilines is 2. The van der Waals surface area contributed by atoms with E-state index in [1.807, 2.05) is 0 Å². The minimum Gasteiger partial charge on any atom is -0.449 e. The molecule has 0 saturated carbocycles. The van der Waals surface area contributed by atoms with Crippen LogP contribution in [-0.2, 0) is 19.6 Å². The Morgan fingerprint density at radius 3 is 2.44 bits per heavy atom. The molecule has 2 rings (SSSR count). The maximum absolute atomic E-state index is 13.6. The molecule has 0 radical (unpaired) electrons. The molecule has 1 unspecified atom stereocenters. The number of nitrogens with one attached hydrogen (secondary N) is 2. The largest absolute Gasteiger partial charge is 0.449 e. The van der Waals surface area contributed by atoms with Gasteiger partial charge in [0.15, 0.2) is 6.10 Å². The van der Waals surface area contributed by atoms with Gasteiger partial charge >= 0.3 is 5.97 Å². The van der Waals surface area contributed by atoms with E-state index in [1.54, 1.807) is 0 Å². The Kier molecular flexibility index (Phi) is 6.11. The Labute approximate surface area is 154 Å². The van der Waals surface area contributed by atoms with Crippen LogP contribution in [-0.4, -0.2) is 32.7 Å². The Morgan fingerprint density at radius 2 is 1.81 bits per heavy atom. The van der Waals surface area contributed by atoms with E-state index in [1.165, 1.54) is 31.2 Å². The summed E-state index contributed by atoms with van der Waals surface area (Å²) < 4.78 is 56.1. The summed E-state index contributed by atoms with van der Waals surface area (Å²) in [7, 11) is -3.53. The summed E-state index contributed by atoms with van der Waals surface area (Å²) in [6, 6.07) is 8.10. The van der Waals surface area contributed by atoms with Gasteiger partial charge in [-0.05, 0) is 37.3 Å². The van der Waals surface area contributed by atoms with Gasteiger partial charge in [0.05, 0.1) is 17.5 Å². The minimum absolute atomic E-state index is 0.0104. The van der Waals surface area contributed by atoms with Crippen LogP contribution >= 0.6 is 0 Å². The first-order valence-electron chi connectivity index (χ1n) is 7.60. The number of hydrogen-bond donors (Lipinski definition) is 2. The summed E-state index contributed by atoms with van der Waals surface area (Å²) in [6.07, 6.45) is -0.326. The number of hydrogen-bond acceptors (Lipinski definition) is 5. The second-order valence-corrected chi connectivity index (χ2v) is 7.36. The van der Waals surface area contributed by atoms with Gasteiger partial charge in [-0.15, -0.1) is 0 Å². The molecule has 1 atom stereocenters. The van der Waals surface area contributed by atoms with Crippen molar-refractivity contribution >= 4 is 33.3 Å². The van der Waals surface area contributed by atoms with Crippen LogP contribution in [0.2, 0.25) is 0 Å². The molecule has 0 aromatic heterocycles. The van der Waals surface area contributed by atoms with Crippen molar-refractivity contribution in [2.24, 2.45) is 0 Å². The summed E-state index contributed by atoms with van der Waals surface area (Å²) in [4.78, 5) is 24.2. The number of sulfonamides is 1. The lowest BCUT2D eigenvalue weighted by Crippen LogP contribution is -2.30. The van der Waals surface area contributed by atoms with Crippen LogP contribution in [0.25, 0.3) is 0 Å². The highest BCUT2D eigenvalue weighted by atomic mass is 32.2. The fraction of sp³-hybridized carbons (Fsp3) is 0.176. The van der Waals surface area contributed by atoms with E-state index in [4.69, 9.17) is 4.74 Å². The molecular weight excluding hydrogens is 382 g/mol. The molecule has 2 N–H and O–H groups in total. The van der Waals surface area contributed by atoms with E-state index in [2.05, 4.69) is 10.0 Å². The highest BCUT2D eigenvalue weighted by molar-refractivity contribution is 7.92. The molecule has 0 aliphatic rings. The van der Waals surface area contributed by atoms with Crippen molar-refractivity contribution in [1.82, 2.24) is 0 Å². The van der Waals surface area contributed by atoms with Crippen LogP contribution < -0.4 is 10.0 Å². The number of benzene rings is 2. The van der Waals surface area contributed by atoms with Crippen LogP contribution in [0.1, 0.15) is 17.3 Å². The molecule has 0 heterocycles. The molecule has 0 saturated heterocycles. The van der Waals surface area contributed by atoms with Crippen molar-refractivity contribution in [1.29, 1.82) is 0 Å². The molecule has 0 fully saturated rings. The molecular formula is C17H16F2N2O5S. The number of esters is 1. The number of halogens is 2. The van der Waals surface area contributed by atoms with E-state index in [-0.39, 0.29) is 16.9 Å². The second-order valence-electron chi connectivity index (χ2n) is 5.62. The standard InChI is InChI=1S/C17H16F2N2O5S/c1-10(16(22)20-15-7-6-12(18)9-14(15)19)26-17(23)11-4-3-5-13(8-11)21-27(2,24)25/h3-10,21H,1-2H3,(H,20,22). The maximum atomic E-state index is 13.6. The van der Waals surface area contributed by atoms with Gasteiger partial charge in [-0.3, -0.25) is 9.52 Å². The first kappa shape index (κ1) is 20.3. The molecule has 2 aromatic rings. The smallest absolute Gasteiger partial charge is 0.338 e. The molecule has 144 valence electrons. The van der Waals surface area contributed by atoms with Crippen molar-refractivity contribution in [3.8, 4) is 0 Å². The highest BCUT2D eigenvalue weighted by Crippen LogP contribution is 2.17. The summed E-state index contributed by atoms with van der Waals surface area (Å²) in [5.74, 6) is -3.47. The van der Waals surface area contributed by atoms with Crippen LogP contribution in [0.4, 0.5) is 20.2 Å². The third kappa shape index (κ3) is 6.03. The lowest BCUT2D eigenvalue weighted by Gasteiger charge is -2.14. The Hall–Kier alpha value is -3.01. The summed E-state index contributed by atoms with van der Waals surface area (Å²) in [6.45, 7) is 1.27. The summed E-state index contributed by atoms with van der Waals surface area (Å²) in [5, 5.41) is 2.19. The molecule has 0 spiro atoms. The van der Waals surface area contributed by atoms with Crippen molar-refractivity contribution in [3.05, 3.63) is 59.7 Å². The Morgan fingerprint density at radius 1 is 1.11 bits per heavy atom. The summed E-state index contributed by atoms with van der Waals surface area (Å²) >= 11 is 0. The first-order chi connectivity index (χ1) is 12.5. The Balaban J connectivity index is 2.04. The zero-order valence-electron chi connectivity index (χ0n) is 14.3. The fourth-order valence-electron chi connectivity index (χ4n) is 2.03. The highest BCUT2D eigenvalue weighted by Gasteiger charge is 2.20. The van der Waals surface area contributed by atoms with Crippen LogP contribution in [0.15, 0.2) is 42.5 Å². The topological polar surface area (TPSA) is 102 Å². The normalized spacial score (nSPS) is 12.1. The zero-order valence-corrected chi connectivity index (χ0v) is 15.1. The van der Waals surface area contributed by atoms with Crippen LogP contribution in [0.5, 0.6) is 0 Å². The average Bonchev–Trinajstić information content (AvgIpc) is 2.55. The third-order valence-corrected chi connectivity index (χ3v) is 3.85. The molecule has 10 heteroatoms. The molecule has 0 bridgehead atoms. The molecule has 7 nitrogen and oxygen atoms in total. The average molecular weight is 398 g/mol. The van der Waals surface area contributed by atoms with Crippen molar-refractivity contribution in [2.75, 3.05) is 16.3 Å². The monoisotopic (exact) mass is 398 g/mol. The van der Waals surface area contributed by atoms with Gasteiger partial charge in [-0.1, -0.05) is 6.07 Å². The van der Waals surface area contributed by atoms with Gasteiger partial charge in [0.25, 0.3) is 5.91 Å². The summed E-state index contributed by atoms with van der Waals surface area (Å²) in [5.41, 5.74) is -0.0997. The zero-order chi connectivity index (χ0) is 20.2. The van der Waals surface area contributed by atoms with Gasteiger partial charge in [-0.2, -0.15) is 0 Å². The lowest BCUT2D eigenvalue weighted by molar-refractivity contribution is -0.123. The fourth-order valence-corrected chi connectivity index (χ4v) is 2.59. The van der Waals surface area contributed by atoms with E-state index in [0.717, 1.165) is 18.4 Å². The van der Waals surface area contributed by atoms with Gasteiger partial charge in [0, 0.05) is 11.8 Å². The van der Waals surface area contributed by atoms with E-state index in [0.29, 0.717) is 6.07 Å². The molecule has 2 aromatic carbocycles. The molecule has 27 heavy (non-hydrogen) atoms. The number of amides is 1. The maximum Gasteiger partial charge on any atom is 0.338 e. The van der Waals surface area contributed by atoms with E-state index < -0.39 is 39.6 Å². The number of carbonyl (C=O) groups excluding carboxylic acids is 2. The predicted molar refractivity (Wildman–Crippen MR) is 94.8 cm³/mol. The van der Waals surface area contributed by atoms with Crippen molar-refractivity contribution in [2.45, 2.75) is 13.0 Å². The van der Waals surface area contributed by atoms with Crippen LogP contribution in [0.3, 0.4) is 0 Å². The van der Waals surface area contributed by atoms with Gasteiger partial charge in [-0.25, -0.2) is 22.0 Å². The second kappa shape index (κ2) is 8.12. The number of rotatable bonds is 6. The van der Waals surface area contributed by atoms with E-state index >= 15 is 0 Å². The van der Waals surface area contributed by atoms with Crippen molar-refractivity contribution < 1.29 is 31.5 Å². The molecule has 0 aliphatic carbocycles.